The van der Waals surface area contributed by atoms with Gasteiger partial charge < -0.3 is 9.64 Å². The van der Waals surface area contributed by atoms with Crippen LogP contribution in [-0.2, 0) is 9.53 Å². The molecule has 2 fully saturated rings. The van der Waals surface area contributed by atoms with E-state index < -0.39 is 12.0 Å². The molecule has 0 aliphatic carbocycles. The van der Waals surface area contributed by atoms with Crippen LogP contribution in [0.5, 0.6) is 0 Å². The number of likely N-dealkylation sites (tertiary alicyclic amines) is 1. The van der Waals surface area contributed by atoms with Crippen LogP contribution >= 0.6 is 0 Å². The molecule has 2 heterocycles. The highest BCUT2D eigenvalue weighted by Crippen LogP contribution is 2.27. The average Bonchev–Trinajstić information content (AvgIpc) is 2.76. The van der Waals surface area contributed by atoms with E-state index in [2.05, 4.69) is 5.32 Å². The van der Waals surface area contributed by atoms with Gasteiger partial charge in [0.15, 0.2) is 0 Å². The Morgan fingerprint density at radius 1 is 1.53 bits per heavy atom. The largest absolute Gasteiger partial charge is 0.381 e. The van der Waals surface area contributed by atoms with E-state index in [0.717, 1.165) is 12.8 Å². The van der Waals surface area contributed by atoms with E-state index >= 15 is 0 Å². The molecule has 0 radical (unpaired) electrons. The van der Waals surface area contributed by atoms with Crippen LogP contribution in [0.3, 0.4) is 0 Å². The summed E-state index contributed by atoms with van der Waals surface area (Å²) < 4.78 is 31.6. The van der Waals surface area contributed by atoms with Gasteiger partial charge >= 0.3 is 0 Å². The topological polar surface area (TPSA) is 41.6 Å². The fraction of sp³-hybridized carbons (Fsp3) is 0.923. The van der Waals surface area contributed by atoms with Crippen molar-refractivity contribution in [1.82, 2.24) is 10.2 Å². The van der Waals surface area contributed by atoms with E-state index in [1.807, 2.05) is 6.92 Å². The molecule has 0 aromatic heterocycles. The number of hydrogen-bond donors (Lipinski definition) is 1. The Bertz CT molecular complexity index is 326. The molecule has 19 heavy (non-hydrogen) atoms. The highest BCUT2D eigenvalue weighted by Gasteiger charge is 2.43. The maximum absolute atomic E-state index is 13.1. The third-order valence-electron chi connectivity index (χ3n) is 3.80. The first-order chi connectivity index (χ1) is 9.02. The average molecular weight is 276 g/mol. The van der Waals surface area contributed by atoms with Gasteiger partial charge in [-0.2, -0.15) is 0 Å². The predicted molar refractivity (Wildman–Crippen MR) is 67.2 cm³/mol. The molecule has 2 saturated heterocycles. The van der Waals surface area contributed by atoms with Crippen LogP contribution in [-0.4, -0.2) is 55.6 Å². The van der Waals surface area contributed by atoms with E-state index in [-0.39, 0.29) is 18.9 Å². The number of rotatable bonds is 4. The zero-order valence-electron chi connectivity index (χ0n) is 11.3. The smallest absolute Gasteiger partial charge is 0.262 e. The molecule has 2 aliphatic heterocycles. The van der Waals surface area contributed by atoms with Crippen LogP contribution in [0.15, 0.2) is 0 Å². The number of nitrogens with one attached hydrogen (secondary N) is 1. The second-order valence-electron chi connectivity index (χ2n) is 5.45. The molecule has 2 atom stereocenters. The van der Waals surface area contributed by atoms with Crippen LogP contribution in [0.1, 0.15) is 26.2 Å². The first-order valence-electron chi connectivity index (χ1n) is 6.99. The highest BCUT2D eigenvalue weighted by molar-refractivity contribution is 5.82. The van der Waals surface area contributed by atoms with E-state index in [1.165, 1.54) is 0 Å². The maximum atomic E-state index is 13.1. The predicted octanol–water partition coefficient (Wildman–Crippen LogP) is 1.26. The van der Waals surface area contributed by atoms with Gasteiger partial charge in [-0.1, -0.05) is 0 Å². The first-order valence-corrected chi connectivity index (χ1v) is 6.99. The van der Waals surface area contributed by atoms with E-state index in [4.69, 9.17) is 4.74 Å². The van der Waals surface area contributed by atoms with Gasteiger partial charge in [-0.25, -0.2) is 8.78 Å². The van der Waals surface area contributed by atoms with Crippen molar-refractivity contribution in [3.8, 4) is 0 Å². The fourth-order valence-electron chi connectivity index (χ4n) is 2.80. The summed E-state index contributed by atoms with van der Waals surface area (Å²) in [6.45, 7) is 4.17. The molecule has 2 rings (SSSR count). The van der Waals surface area contributed by atoms with Crippen LogP contribution in [0.25, 0.3) is 0 Å². The minimum atomic E-state index is -2.75. The summed E-state index contributed by atoms with van der Waals surface area (Å²) in [5.74, 6) is -2.60. The Morgan fingerprint density at radius 2 is 2.32 bits per heavy atom. The summed E-state index contributed by atoms with van der Waals surface area (Å²) in [5.41, 5.74) is 0. The Balaban J connectivity index is 1.85. The van der Waals surface area contributed by atoms with Crippen molar-refractivity contribution in [3.05, 3.63) is 0 Å². The van der Waals surface area contributed by atoms with Gasteiger partial charge in [0.25, 0.3) is 5.92 Å². The van der Waals surface area contributed by atoms with Crippen molar-refractivity contribution in [2.24, 2.45) is 5.92 Å². The van der Waals surface area contributed by atoms with Gasteiger partial charge in [0.2, 0.25) is 5.91 Å². The third kappa shape index (κ3) is 3.86. The van der Waals surface area contributed by atoms with Crippen molar-refractivity contribution in [2.45, 2.75) is 38.2 Å². The van der Waals surface area contributed by atoms with Crippen LogP contribution < -0.4 is 5.32 Å². The molecule has 2 unspecified atom stereocenters. The lowest BCUT2D eigenvalue weighted by molar-refractivity contribution is -0.136. The second kappa shape index (κ2) is 6.13. The van der Waals surface area contributed by atoms with Crippen molar-refractivity contribution >= 4 is 5.91 Å². The van der Waals surface area contributed by atoms with Gasteiger partial charge in [-0.05, 0) is 25.7 Å². The monoisotopic (exact) mass is 276 g/mol. The molecular weight excluding hydrogens is 254 g/mol. The molecule has 110 valence electrons. The normalized spacial score (nSPS) is 30.6. The third-order valence-corrected chi connectivity index (χ3v) is 3.80. The molecule has 6 heteroatoms. The molecule has 0 saturated carbocycles. The van der Waals surface area contributed by atoms with Crippen LogP contribution in [0.2, 0.25) is 0 Å². The van der Waals surface area contributed by atoms with Gasteiger partial charge in [-0.15, -0.1) is 0 Å². The highest BCUT2D eigenvalue weighted by atomic mass is 19.3. The summed E-state index contributed by atoms with van der Waals surface area (Å²) in [6, 6.07) is -0.721. The quantitative estimate of drug-likeness (QED) is 0.840. The van der Waals surface area contributed by atoms with Crippen molar-refractivity contribution in [3.63, 3.8) is 0 Å². The minimum absolute atomic E-state index is 0.182. The Hall–Kier alpha value is -0.750. The fourth-order valence-corrected chi connectivity index (χ4v) is 2.80. The number of alkyl halides is 2. The number of hydrogen-bond acceptors (Lipinski definition) is 3. The lowest BCUT2D eigenvalue weighted by Gasteiger charge is -2.34. The number of amides is 1. The number of nitrogens with zero attached hydrogens (tertiary/aromatic N) is 1. The minimum Gasteiger partial charge on any atom is -0.381 e. The first kappa shape index (κ1) is 14.7. The van der Waals surface area contributed by atoms with Crippen molar-refractivity contribution < 1.29 is 18.3 Å². The van der Waals surface area contributed by atoms with Crippen molar-refractivity contribution in [2.75, 3.05) is 32.8 Å². The molecule has 0 bridgehead atoms. The molecule has 0 aromatic rings. The summed E-state index contributed by atoms with van der Waals surface area (Å²) in [6.07, 6.45) is 1.59. The summed E-state index contributed by atoms with van der Waals surface area (Å²) in [7, 11) is 0. The van der Waals surface area contributed by atoms with E-state index in [0.29, 0.717) is 32.2 Å². The van der Waals surface area contributed by atoms with Crippen LogP contribution in [0.4, 0.5) is 8.78 Å². The molecule has 2 aliphatic rings. The lowest BCUT2D eigenvalue weighted by Crippen LogP contribution is -2.48. The standard InChI is InChI=1S/C13H22F2N2O2/c1-2-19-8-10-4-3-5-17(7-10)12(18)11-6-13(14,15)9-16-11/h10-11,16H,2-9H2,1H3. The van der Waals surface area contributed by atoms with Gasteiger partial charge in [0.1, 0.15) is 0 Å². The molecule has 0 aromatic carbocycles. The number of piperidine rings is 1. The van der Waals surface area contributed by atoms with Gasteiger partial charge in [-0.3, -0.25) is 10.1 Å². The Morgan fingerprint density at radius 3 is 2.95 bits per heavy atom. The lowest BCUT2D eigenvalue weighted by atomic mass is 9.98. The molecule has 1 N–H and O–H groups in total. The molecule has 1 amide bonds. The maximum Gasteiger partial charge on any atom is 0.262 e. The Labute approximate surface area is 112 Å². The molecule has 0 spiro atoms. The summed E-state index contributed by atoms with van der Waals surface area (Å²) in [5, 5.41) is 2.63. The van der Waals surface area contributed by atoms with E-state index in [9.17, 15) is 13.6 Å². The zero-order valence-corrected chi connectivity index (χ0v) is 11.3. The number of carbonyl (C=O) groups is 1. The van der Waals surface area contributed by atoms with E-state index in [1.54, 1.807) is 4.90 Å². The summed E-state index contributed by atoms with van der Waals surface area (Å²) >= 11 is 0. The zero-order chi connectivity index (χ0) is 13.9. The molecule has 4 nitrogen and oxygen atoms in total. The number of carbonyl (C=O) groups excluding carboxylic acids is 1. The van der Waals surface area contributed by atoms with Crippen LogP contribution in [0, 0.1) is 5.92 Å². The Kier molecular flexibility index (Phi) is 4.73. The van der Waals surface area contributed by atoms with Crippen molar-refractivity contribution in [1.29, 1.82) is 0 Å². The second-order valence-corrected chi connectivity index (χ2v) is 5.45. The summed E-state index contributed by atoms with van der Waals surface area (Å²) in [4.78, 5) is 13.9. The number of ether oxygens (including phenoxy) is 1. The molecular formula is C13H22F2N2O2. The van der Waals surface area contributed by atoms with Gasteiger partial charge in [0, 0.05) is 26.1 Å². The SMILES string of the molecule is CCOCC1CCCN(C(=O)C2CC(F)(F)CN2)C1. The number of halogens is 2. The van der Waals surface area contributed by atoms with Gasteiger partial charge in [0.05, 0.1) is 19.2 Å².